The summed E-state index contributed by atoms with van der Waals surface area (Å²) in [5, 5.41) is 3.25. The van der Waals surface area contributed by atoms with Crippen molar-refractivity contribution in [3.63, 3.8) is 0 Å². The molecule has 0 saturated carbocycles. The van der Waals surface area contributed by atoms with Crippen LogP contribution >= 0.6 is 0 Å². The Balaban J connectivity index is 1.79. The first-order valence-corrected chi connectivity index (χ1v) is 6.93. The molecule has 0 radical (unpaired) electrons. The summed E-state index contributed by atoms with van der Waals surface area (Å²) < 4.78 is 5.65. The number of aryl methyl sites for hydroxylation is 1. The van der Waals surface area contributed by atoms with Gasteiger partial charge in [-0.25, -0.2) is 0 Å². The summed E-state index contributed by atoms with van der Waals surface area (Å²) in [4.78, 5) is 16.0. The van der Waals surface area contributed by atoms with Crippen molar-refractivity contribution in [3.05, 3.63) is 23.7 Å². The molecule has 1 saturated heterocycles. The van der Waals surface area contributed by atoms with Crippen LogP contribution in [0.15, 0.2) is 16.5 Å². The Labute approximate surface area is 114 Å². The number of furan rings is 1. The van der Waals surface area contributed by atoms with Crippen LogP contribution in [0.1, 0.15) is 18.4 Å². The van der Waals surface area contributed by atoms with Crippen LogP contribution in [0.2, 0.25) is 0 Å². The summed E-state index contributed by atoms with van der Waals surface area (Å²) >= 11 is 0. The smallest absolute Gasteiger partial charge is 0.236 e. The minimum Gasteiger partial charge on any atom is -0.465 e. The summed E-state index contributed by atoms with van der Waals surface area (Å²) in [6.45, 7) is 6.61. The first-order valence-electron chi connectivity index (χ1n) is 6.93. The molecular formula is C14H23N3O2. The van der Waals surface area contributed by atoms with Gasteiger partial charge in [0.15, 0.2) is 0 Å². The van der Waals surface area contributed by atoms with Crippen molar-refractivity contribution < 1.29 is 9.21 Å². The minimum atomic E-state index is 0.200. The van der Waals surface area contributed by atoms with Crippen LogP contribution in [-0.2, 0) is 17.8 Å². The zero-order valence-electron chi connectivity index (χ0n) is 11.8. The number of hydrogen-bond acceptors (Lipinski definition) is 4. The predicted octanol–water partition coefficient (Wildman–Crippen LogP) is 0.706. The number of nitrogens with zero attached hydrogens (tertiary/aromatic N) is 2. The standard InChI is InChI=1S/C14H23N3O2/c1-3-12-4-5-13(19-12)10-16(2)11-14(18)17-8-6-15-7-9-17/h4-5,15H,3,6-11H2,1-2H3. The fraction of sp³-hybridized carbons (Fsp3) is 0.643. The third-order valence-electron chi connectivity index (χ3n) is 3.37. The van der Waals surface area contributed by atoms with Crippen LogP contribution in [0.25, 0.3) is 0 Å². The van der Waals surface area contributed by atoms with Crippen LogP contribution in [-0.4, -0.2) is 55.5 Å². The van der Waals surface area contributed by atoms with Crippen molar-refractivity contribution in [2.45, 2.75) is 19.9 Å². The average Bonchev–Trinajstić information content (AvgIpc) is 2.87. The van der Waals surface area contributed by atoms with Gasteiger partial charge in [0.05, 0.1) is 13.1 Å². The molecule has 0 unspecified atom stereocenters. The molecule has 1 aliphatic heterocycles. The van der Waals surface area contributed by atoms with Crippen molar-refractivity contribution in [1.82, 2.24) is 15.1 Å². The molecule has 0 aromatic carbocycles. The van der Waals surface area contributed by atoms with E-state index in [1.165, 1.54) is 0 Å². The zero-order valence-corrected chi connectivity index (χ0v) is 11.8. The van der Waals surface area contributed by atoms with Gasteiger partial charge in [0, 0.05) is 32.6 Å². The maximum absolute atomic E-state index is 12.1. The molecule has 5 nitrogen and oxygen atoms in total. The van der Waals surface area contributed by atoms with Crippen molar-refractivity contribution in [1.29, 1.82) is 0 Å². The molecular weight excluding hydrogens is 242 g/mol. The quantitative estimate of drug-likeness (QED) is 0.851. The molecule has 5 heteroatoms. The highest BCUT2D eigenvalue weighted by molar-refractivity contribution is 5.78. The molecule has 0 bridgehead atoms. The second-order valence-electron chi connectivity index (χ2n) is 5.02. The molecule has 0 atom stereocenters. The summed E-state index contributed by atoms with van der Waals surface area (Å²) in [5.41, 5.74) is 0. The minimum absolute atomic E-state index is 0.200. The van der Waals surface area contributed by atoms with E-state index < -0.39 is 0 Å². The Morgan fingerprint density at radius 2 is 2.05 bits per heavy atom. The number of carbonyl (C=O) groups excluding carboxylic acids is 1. The Morgan fingerprint density at radius 1 is 1.37 bits per heavy atom. The van der Waals surface area contributed by atoms with Gasteiger partial charge in [0.25, 0.3) is 0 Å². The SMILES string of the molecule is CCc1ccc(CN(C)CC(=O)N2CCNCC2)o1. The molecule has 1 fully saturated rings. The first kappa shape index (κ1) is 14.1. The van der Waals surface area contributed by atoms with Crippen molar-refractivity contribution in [2.75, 3.05) is 39.8 Å². The van der Waals surface area contributed by atoms with Crippen LogP contribution < -0.4 is 5.32 Å². The van der Waals surface area contributed by atoms with Crippen molar-refractivity contribution >= 4 is 5.91 Å². The fourth-order valence-corrected chi connectivity index (χ4v) is 2.26. The highest BCUT2D eigenvalue weighted by Gasteiger charge is 2.18. The van der Waals surface area contributed by atoms with E-state index in [1.807, 2.05) is 29.0 Å². The van der Waals surface area contributed by atoms with Gasteiger partial charge < -0.3 is 14.6 Å². The lowest BCUT2D eigenvalue weighted by Gasteiger charge is -2.29. The summed E-state index contributed by atoms with van der Waals surface area (Å²) in [6, 6.07) is 3.99. The maximum Gasteiger partial charge on any atom is 0.236 e. The van der Waals surface area contributed by atoms with E-state index >= 15 is 0 Å². The van der Waals surface area contributed by atoms with E-state index in [9.17, 15) is 4.79 Å². The van der Waals surface area contributed by atoms with Crippen LogP contribution in [0.3, 0.4) is 0 Å². The first-order chi connectivity index (χ1) is 9.19. The number of nitrogens with one attached hydrogen (secondary N) is 1. The molecule has 2 heterocycles. The Bertz CT molecular complexity index is 411. The summed E-state index contributed by atoms with van der Waals surface area (Å²) in [6.07, 6.45) is 0.906. The lowest BCUT2D eigenvalue weighted by atomic mass is 10.3. The van der Waals surface area contributed by atoms with E-state index in [2.05, 4.69) is 12.2 Å². The van der Waals surface area contributed by atoms with E-state index in [4.69, 9.17) is 4.42 Å². The third kappa shape index (κ3) is 4.08. The highest BCUT2D eigenvalue weighted by Crippen LogP contribution is 2.10. The summed E-state index contributed by atoms with van der Waals surface area (Å²) in [7, 11) is 1.95. The van der Waals surface area contributed by atoms with Crippen molar-refractivity contribution in [3.8, 4) is 0 Å². The van der Waals surface area contributed by atoms with Gasteiger partial charge in [-0.1, -0.05) is 6.92 Å². The number of likely N-dealkylation sites (N-methyl/N-ethyl adjacent to an activating group) is 1. The van der Waals surface area contributed by atoms with Gasteiger partial charge in [-0.3, -0.25) is 9.69 Å². The normalized spacial score (nSPS) is 16.1. The molecule has 0 aliphatic carbocycles. The molecule has 2 rings (SSSR count). The molecule has 1 aliphatic rings. The van der Waals surface area contributed by atoms with Crippen molar-refractivity contribution in [2.24, 2.45) is 0 Å². The molecule has 1 N–H and O–H groups in total. The van der Waals surface area contributed by atoms with Gasteiger partial charge >= 0.3 is 0 Å². The van der Waals surface area contributed by atoms with Gasteiger partial charge in [0.1, 0.15) is 11.5 Å². The lowest BCUT2D eigenvalue weighted by Crippen LogP contribution is -2.49. The Kier molecular flexibility index (Phi) is 4.99. The Hall–Kier alpha value is -1.33. The van der Waals surface area contributed by atoms with Crippen LogP contribution in [0.4, 0.5) is 0 Å². The van der Waals surface area contributed by atoms with E-state index in [0.717, 1.165) is 44.1 Å². The molecule has 19 heavy (non-hydrogen) atoms. The Morgan fingerprint density at radius 3 is 2.68 bits per heavy atom. The maximum atomic E-state index is 12.1. The predicted molar refractivity (Wildman–Crippen MR) is 73.9 cm³/mol. The van der Waals surface area contributed by atoms with E-state index in [-0.39, 0.29) is 5.91 Å². The van der Waals surface area contributed by atoms with E-state index in [1.54, 1.807) is 0 Å². The largest absolute Gasteiger partial charge is 0.465 e. The topological polar surface area (TPSA) is 48.7 Å². The third-order valence-corrected chi connectivity index (χ3v) is 3.37. The molecule has 0 spiro atoms. The van der Waals surface area contributed by atoms with Gasteiger partial charge in [-0.2, -0.15) is 0 Å². The van der Waals surface area contributed by atoms with Crippen LogP contribution in [0.5, 0.6) is 0 Å². The highest BCUT2D eigenvalue weighted by atomic mass is 16.3. The van der Waals surface area contributed by atoms with Gasteiger partial charge in [-0.15, -0.1) is 0 Å². The molecule has 1 aromatic heterocycles. The molecule has 1 amide bonds. The number of piperazine rings is 1. The second-order valence-corrected chi connectivity index (χ2v) is 5.02. The zero-order chi connectivity index (χ0) is 13.7. The monoisotopic (exact) mass is 265 g/mol. The number of amides is 1. The van der Waals surface area contributed by atoms with Gasteiger partial charge in [0.2, 0.25) is 5.91 Å². The number of rotatable bonds is 5. The fourth-order valence-electron chi connectivity index (χ4n) is 2.26. The van der Waals surface area contributed by atoms with Crippen LogP contribution in [0, 0.1) is 0 Å². The number of carbonyl (C=O) groups is 1. The van der Waals surface area contributed by atoms with E-state index in [0.29, 0.717) is 13.1 Å². The van der Waals surface area contributed by atoms with Gasteiger partial charge in [-0.05, 0) is 19.2 Å². The second kappa shape index (κ2) is 6.73. The molecule has 106 valence electrons. The summed E-state index contributed by atoms with van der Waals surface area (Å²) in [5.74, 6) is 2.12. The lowest BCUT2D eigenvalue weighted by molar-refractivity contribution is -0.132. The average molecular weight is 265 g/mol. The molecule has 1 aromatic rings. The number of hydrogen-bond donors (Lipinski definition) is 1.